The Bertz CT molecular complexity index is 381. The lowest BCUT2D eigenvalue weighted by Gasteiger charge is -2.33. The first-order valence-electron chi connectivity index (χ1n) is 6.53. The Kier molecular flexibility index (Phi) is 4.91. The van der Waals surface area contributed by atoms with Gasteiger partial charge in [-0.2, -0.15) is 0 Å². The summed E-state index contributed by atoms with van der Waals surface area (Å²) in [5, 5.41) is 1.40. The van der Waals surface area contributed by atoms with Crippen LogP contribution in [-0.2, 0) is 0 Å². The van der Waals surface area contributed by atoms with E-state index in [1.807, 2.05) is 18.2 Å². The smallest absolute Gasteiger partial charge is 0.0517 e. The second-order valence-corrected chi connectivity index (χ2v) is 6.11. The van der Waals surface area contributed by atoms with Gasteiger partial charge < -0.3 is 0 Å². The molecular weight excluding hydrogens is 267 g/mol. The van der Waals surface area contributed by atoms with Crippen LogP contribution in [0.25, 0.3) is 0 Å². The van der Waals surface area contributed by atoms with Gasteiger partial charge in [0.2, 0.25) is 0 Å². The third kappa shape index (κ3) is 3.00. The van der Waals surface area contributed by atoms with Crippen LogP contribution in [0.2, 0.25) is 10.0 Å². The molecule has 1 aliphatic carbocycles. The van der Waals surface area contributed by atoms with Gasteiger partial charge in [-0.05, 0) is 36.8 Å². The second-order valence-electron chi connectivity index (χ2n) is 5.30. The van der Waals surface area contributed by atoms with E-state index in [9.17, 15) is 0 Å². The highest BCUT2D eigenvalue weighted by atomic mass is 35.5. The maximum absolute atomic E-state index is 6.27. The van der Waals surface area contributed by atoms with Crippen molar-refractivity contribution in [3.8, 4) is 0 Å². The fraction of sp³-hybridized carbons (Fsp3) is 0.571. The Balaban J connectivity index is 2.23. The Labute approximate surface area is 119 Å². The predicted octanol–water partition coefficient (Wildman–Crippen LogP) is 4.32. The van der Waals surface area contributed by atoms with E-state index in [-0.39, 0.29) is 6.04 Å². The molecule has 1 aromatic carbocycles. The van der Waals surface area contributed by atoms with Gasteiger partial charge in [0.1, 0.15) is 0 Å². The van der Waals surface area contributed by atoms with Crippen molar-refractivity contribution in [1.82, 2.24) is 5.43 Å². The van der Waals surface area contributed by atoms with Crippen molar-refractivity contribution in [3.63, 3.8) is 0 Å². The number of nitrogens with one attached hydrogen (secondary N) is 1. The molecule has 1 aromatic rings. The summed E-state index contributed by atoms with van der Waals surface area (Å²) in [4.78, 5) is 0. The SMILES string of the molecule is CC1CCC(C(NN)c2c(Cl)cccc2Cl)CC1. The standard InChI is InChI=1S/C14H20Cl2N2/c1-9-5-7-10(8-6-9)14(18-17)13-11(15)3-2-4-12(13)16/h2-4,9-10,14,18H,5-8,17H2,1H3. The van der Waals surface area contributed by atoms with Gasteiger partial charge in [-0.3, -0.25) is 11.3 Å². The van der Waals surface area contributed by atoms with Crippen LogP contribution < -0.4 is 11.3 Å². The maximum Gasteiger partial charge on any atom is 0.0517 e. The summed E-state index contributed by atoms with van der Waals surface area (Å²) in [6.45, 7) is 2.31. The topological polar surface area (TPSA) is 38.0 Å². The van der Waals surface area contributed by atoms with Gasteiger partial charge in [-0.1, -0.05) is 49.0 Å². The second kappa shape index (κ2) is 6.25. The molecular formula is C14H20Cl2N2. The van der Waals surface area contributed by atoms with Crippen molar-refractivity contribution in [1.29, 1.82) is 0 Å². The van der Waals surface area contributed by atoms with Gasteiger partial charge in [0.25, 0.3) is 0 Å². The van der Waals surface area contributed by atoms with Crippen molar-refractivity contribution >= 4 is 23.2 Å². The molecule has 1 atom stereocenters. The minimum Gasteiger partial charge on any atom is -0.271 e. The molecule has 0 spiro atoms. The molecule has 0 aliphatic heterocycles. The summed E-state index contributed by atoms with van der Waals surface area (Å²) in [7, 11) is 0. The minimum atomic E-state index is 0.0544. The molecule has 1 saturated carbocycles. The zero-order valence-electron chi connectivity index (χ0n) is 10.6. The van der Waals surface area contributed by atoms with Gasteiger partial charge in [-0.25, -0.2) is 0 Å². The van der Waals surface area contributed by atoms with E-state index in [0.29, 0.717) is 16.0 Å². The monoisotopic (exact) mass is 286 g/mol. The molecule has 2 nitrogen and oxygen atoms in total. The van der Waals surface area contributed by atoms with Crippen LogP contribution in [0, 0.1) is 11.8 Å². The summed E-state index contributed by atoms with van der Waals surface area (Å²) in [5.41, 5.74) is 3.86. The number of halogens is 2. The van der Waals surface area contributed by atoms with Crippen LogP contribution in [0.1, 0.15) is 44.2 Å². The number of nitrogens with two attached hydrogens (primary N) is 1. The molecule has 1 unspecified atom stereocenters. The Morgan fingerprint density at radius 1 is 1.17 bits per heavy atom. The van der Waals surface area contributed by atoms with E-state index in [2.05, 4.69) is 12.3 Å². The molecule has 18 heavy (non-hydrogen) atoms. The highest BCUT2D eigenvalue weighted by Gasteiger charge is 2.29. The summed E-state index contributed by atoms with van der Waals surface area (Å²) in [5.74, 6) is 7.08. The Morgan fingerprint density at radius 3 is 2.22 bits per heavy atom. The molecule has 0 bridgehead atoms. The van der Waals surface area contributed by atoms with Crippen molar-refractivity contribution in [2.45, 2.75) is 38.6 Å². The molecule has 0 radical (unpaired) electrons. The zero-order valence-corrected chi connectivity index (χ0v) is 12.1. The molecule has 1 aliphatic rings. The van der Waals surface area contributed by atoms with Crippen LogP contribution in [0.3, 0.4) is 0 Å². The van der Waals surface area contributed by atoms with E-state index < -0.39 is 0 Å². The van der Waals surface area contributed by atoms with Gasteiger partial charge in [0.05, 0.1) is 6.04 Å². The highest BCUT2D eigenvalue weighted by molar-refractivity contribution is 6.36. The Hall–Kier alpha value is -0.280. The van der Waals surface area contributed by atoms with E-state index in [0.717, 1.165) is 11.5 Å². The number of hydrogen-bond donors (Lipinski definition) is 2. The van der Waals surface area contributed by atoms with Crippen molar-refractivity contribution < 1.29 is 0 Å². The molecule has 1 fully saturated rings. The minimum absolute atomic E-state index is 0.0544. The van der Waals surface area contributed by atoms with E-state index in [4.69, 9.17) is 29.0 Å². The lowest BCUT2D eigenvalue weighted by atomic mass is 9.77. The lowest BCUT2D eigenvalue weighted by Crippen LogP contribution is -2.35. The fourth-order valence-corrected chi connectivity index (χ4v) is 3.51. The first kappa shape index (κ1) is 14.1. The molecule has 0 heterocycles. The summed E-state index contributed by atoms with van der Waals surface area (Å²) in [6, 6.07) is 5.67. The van der Waals surface area contributed by atoms with E-state index in [1.165, 1.54) is 25.7 Å². The average Bonchev–Trinajstić information content (AvgIpc) is 2.35. The first-order valence-corrected chi connectivity index (χ1v) is 7.29. The van der Waals surface area contributed by atoms with Crippen LogP contribution in [0.15, 0.2) is 18.2 Å². The third-order valence-electron chi connectivity index (χ3n) is 4.02. The van der Waals surface area contributed by atoms with Crippen LogP contribution in [0.4, 0.5) is 0 Å². The first-order chi connectivity index (χ1) is 8.63. The Morgan fingerprint density at radius 2 is 1.72 bits per heavy atom. The molecule has 0 saturated heterocycles. The molecule has 0 amide bonds. The van der Waals surface area contributed by atoms with Crippen molar-refractivity contribution in [3.05, 3.63) is 33.8 Å². The molecule has 3 N–H and O–H groups in total. The van der Waals surface area contributed by atoms with Crippen LogP contribution in [-0.4, -0.2) is 0 Å². The summed E-state index contributed by atoms with van der Waals surface area (Å²) in [6.07, 6.45) is 4.87. The van der Waals surface area contributed by atoms with Crippen molar-refractivity contribution in [2.75, 3.05) is 0 Å². The number of hydrogen-bond acceptors (Lipinski definition) is 2. The molecule has 0 aromatic heterocycles. The summed E-state index contributed by atoms with van der Waals surface area (Å²) < 4.78 is 0. The fourth-order valence-electron chi connectivity index (χ4n) is 2.88. The van der Waals surface area contributed by atoms with Crippen molar-refractivity contribution in [2.24, 2.45) is 17.7 Å². The van der Waals surface area contributed by atoms with E-state index >= 15 is 0 Å². The molecule has 100 valence electrons. The third-order valence-corrected chi connectivity index (χ3v) is 4.68. The summed E-state index contributed by atoms with van der Waals surface area (Å²) >= 11 is 12.5. The number of hydrazine groups is 1. The van der Waals surface area contributed by atoms with Crippen LogP contribution in [0.5, 0.6) is 0 Å². The van der Waals surface area contributed by atoms with Crippen LogP contribution >= 0.6 is 23.2 Å². The highest BCUT2D eigenvalue weighted by Crippen LogP contribution is 2.40. The molecule has 2 rings (SSSR count). The lowest BCUT2D eigenvalue weighted by molar-refractivity contribution is 0.232. The number of rotatable bonds is 3. The van der Waals surface area contributed by atoms with E-state index in [1.54, 1.807) is 0 Å². The average molecular weight is 287 g/mol. The predicted molar refractivity (Wildman–Crippen MR) is 77.6 cm³/mol. The van der Waals surface area contributed by atoms with Gasteiger partial charge in [0.15, 0.2) is 0 Å². The quantitative estimate of drug-likeness (QED) is 0.641. The largest absolute Gasteiger partial charge is 0.271 e. The number of benzene rings is 1. The normalized spacial score (nSPS) is 26.0. The molecule has 4 heteroatoms. The van der Waals surface area contributed by atoms with Gasteiger partial charge >= 0.3 is 0 Å². The van der Waals surface area contributed by atoms with Gasteiger partial charge in [-0.15, -0.1) is 0 Å². The maximum atomic E-state index is 6.27. The van der Waals surface area contributed by atoms with Gasteiger partial charge in [0, 0.05) is 15.6 Å². The zero-order chi connectivity index (χ0) is 13.1.